The standard InChI is InChI=1S/C40H43F3N10O5/c1-2-31(54)49-29-19-30(34(33(29)55)58-37(56)40(41,42)43)53-23-47-32-35(45-21-28(24-11-5-3-6-12-24)25-13-7-4-8-14-25)50-38(51-36(32)53)52-18-16-27(22-52)48-39(57)46-20-26-15-9-10-17-44-26/h3-15,17,23,27-30,33-34,55H,2,16,18-22H2,1H3,(H,49,54)(H,45,50,51)(H2,46,48,57)/t27-,29+,30-,33-,34+/m1/s1. The fraction of sp³-hybridized carbons (Fsp3) is 0.375. The molecule has 304 valence electrons. The number of hydrogen-bond donors (Lipinski definition) is 5. The summed E-state index contributed by atoms with van der Waals surface area (Å²) >= 11 is 0. The van der Waals surface area contributed by atoms with Crippen LogP contribution in [-0.2, 0) is 20.9 Å². The lowest BCUT2D eigenvalue weighted by atomic mass is 9.91. The van der Waals surface area contributed by atoms with Crippen molar-refractivity contribution in [2.45, 2.75) is 75.2 Å². The molecule has 3 amide bonds. The molecule has 1 aliphatic heterocycles. The van der Waals surface area contributed by atoms with E-state index in [9.17, 15) is 32.7 Å². The maximum absolute atomic E-state index is 13.5. The van der Waals surface area contributed by atoms with E-state index in [-0.39, 0.29) is 54.5 Å². The van der Waals surface area contributed by atoms with Crippen LogP contribution in [0.15, 0.2) is 91.4 Å². The Morgan fingerprint density at radius 2 is 1.66 bits per heavy atom. The molecule has 3 aromatic heterocycles. The van der Waals surface area contributed by atoms with Crippen molar-refractivity contribution in [1.29, 1.82) is 0 Å². The predicted molar refractivity (Wildman–Crippen MR) is 207 cm³/mol. The van der Waals surface area contributed by atoms with Crippen LogP contribution in [0.1, 0.15) is 55.0 Å². The molecule has 58 heavy (non-hydrogen) atoms. The SMILES string of the molecule is CCC(=O)N[C@H]1C[C@@H](n2cnc3c(NCC(c4ccccc4)c4ccccc4)nc(N4CC[C@@H](NC(=O)NCc5ccccn5)C4)nc32)[C@H](OC(=O)C(F)(F)F)[C@@H]1O. The highest BCUT2D eigenvalue weighted by Gasteiger charge is 2.51. The number of benzene rings is 2. The van der Waals surface area contributed by atoms with E-state index in [1.54, 1.807) is 25.3 Å². The van der Waals surface area contributed by atoms with E-state index in [1.165, 1.54) is 10.9 Å². The quantitative estimate of drug-likeness (QED) is 0.107. The Hall–Kier alpha value is -6.30. The number of urea groups is 1. The lowest BCUT2D eigenvalue weighted by Crippen LogP contribution is -2.45. The minimum absolute atomic E-state index is 0.0606. The van der Waals surface area contributed by atoms with Crippen molar-refractivity contribution < 1.29 is 37.4 Å². The minimum Gasteiger partial charge on any atom is -0.451 e. The monoisotopic (exact) mass is 800 g/mol. The van der Waals surface area contributed by atoms with Crippen molar-refractivity contribution >= 4 is 40.8 Å². The van der Waals surface area contributed by atoms with Crippen molar-refractivity contribution in [2.75, 3.05) is 29.9 Å². The average Bonchev–Trinajstić information content (AvgIpc) is 3.95. The molecular formula is C40H43F3N10O5. The van der Waals surface area contributed by atoms with Crippen LogP contribution in [0.5, 0.6) is 0 Å². The molecule has 4 heterocycles. The number of esters is 1. The van der Waals surface area contributed by atoms with Gasteiger partial charge in [0.05, 0.1) is 30.6 Å². The molecule has 5 N–H and O–H groups in total. The predicted octanol–water partition coefficient (Wildman–Crippen LogP) is 4.22. The summed E-state index contributed by atoms with van der Waals surface area (Å²) in [5, 5.41) is 23.1. The third-order valence-electron chi connectivity index (χ3n) is 10.4. The van der Waals surface area contributed by atoms with Crippen LogP contribution in [0.4, 0.5) is 29.7 Å². The van der Waals surface area contributed by atoms with Crippen molar-refractivity contribution in [3.8, 4) is 0 Å². The number of anilines is 2. The minimum atomic E-state index is -5.33. The van der Waals surface area contributed by atoms with Crippen LogP contribution in [0.25, 0.3) is 11.2 Å². The second-order valence-corrected chi connectivity index (χ2v) is 14.2. The van der Waals surface area contributed by atoms with E-state index in [4.69, 9.17) is 14.7 Å². The average molecular weight is 801 g/mol. The number of carbonyl (C=O) groups is 3. The molecule has 18 heteroatoms. The van der Waals surface area contributed by atoms with Gasteiger partial charge in [-0.2, -0.15) is 23.1 Å². The van der Waals surface area contributed by atoms with Gasteiger partial charge in [-0.25, -0.2) is 14.6 Å². The van der Waals surface area contributed by atoms with Gasteiger partial charge in [-0.15, -0.1) is 0 Å². The van der Waals surface area contributed by atoms with Crippen LogP contribution < -0.4 is 26.2 Å². The zero-order chi connectivity index (χ0) is 40.8. The number of hydrogen-bond acceptors (Lipinski definition) is 11. The normalized spacial score (nSPS) is 20.6. The van der Waals surface area contributed by atoms with Gasteiger partial charge < -0.3 is 40.6 Å². The summed E-state index contributed by atoms with van der Waals surface area (Å²) in [5.41, 5.74) is 3.27. The molecule has 1 aliphatic carbocycles. The number of rotatable bonds is 13. The number of ether oxygens (including phenoxy) is 1. The highest BCUT2D eigenvalue weighted by molar-refractivity contribution is 5.85. The fourth-order valence-corrected chi connectivity index (χ4v) is 7.43. The highest BCUT2D eigenvalue weighted by Crippen LogP contribution is 2.38. The van der Waals surface area contributed by atoms with Gasteiger partial charge in [0.25, 0.3) is 0 Å². The van der Waals surface area contributed by atoms with Crippen LogP contribution >= 0.6 is 0 Å². The van der Waals surface area contributed by atoms with Gasteiger partial charge in [0.2, 0.25) is 11.9 Å². The number of imidazole rings is 1. The van der Waals surface area contributed by atoms with E-state index in [2.05, 4.69) is 31.2 Å². The molecule has 5 aromatic rings. The van der Waals surface area contributed by atoms with Crippen molar-refractivity contribution in [3.05, 3.63) is 108 Å². The molecule has 2 aromatic carbocycles. The number of halogens is 3. The molecular weight excluding hydrogens is 757 g/mol. The van der Waals surface area contributed by atoms with Crippen LogP contribution in [-0.4, -0.2) is 97.6 Å². The summed E-state index contributed by atoms with van der Waals surface area (Å²) in [6.07, 6.45) is -5.18. The lowest BCUT2D eigenvalue weighted by Gasteiger charge is -2.25. The number of fused-ring (bicyclic) bond motifs is 1. The number of nitrogens with zero attached hydrogens (tertiary/aromatic N) is 6. The molecule has 1 saturated heterocycles. The summed E-state index contributed by atoms with van der Waals surface area (Å²) in [6, 6.07) is 22.5. The maximum atomic E-state index is 13.5. The van der Waals surface area contributed by atoms with Crippen LogP contribution in [0, 0.1) is 0 Å². The fourth-order valence-electron chi connectivity index (χ4n) is 7.43. The summed E-state index contributed by atoms with van der Waals surface area (Å²) in [7, 11) is 0. The summed E-state index contributed by atoms with van der Waals surface area (Å²) < 4.78 is 46.9. The van der Waals surface area contributed by atoms with E-state index in [0.29, 0.717) is 37.6 Å². The molecule has 1 saturated carbocycles. The molecule has 7 rings (SSSR count). The molecule has 0 radical (unpaired) electrons. The van der Waals surface area contributed by atoms with Crippen molar-refractivity contribution in [1.82, 2.24) is 40.5 Å². The molecule has 15 nitrogen and oxygen atoms in total. The Bertz CT molecular complexity index is 2160. The summed E-state index contributed by atoms with van der Waals surface area (Å²) in [6.45, 7) is 3.00. The van der Waals surface area contributed by atoms with E-state index >= 15 is 0 Å². The van der Waals surface area contributed by atoms with Gasteiger partial charge in [0.15, 0.2) is 23.1 Å². The first-order valence-electron chi connectivity index (χ1n) is 19.0. The van der Waals surface area contributed by atoms with Crippen molar-refractivity contribution in [2.24, 2.45) is 0 Å². The smallest absolute Gasteiger partial charge is 0.451 e. The number of carbonyl (C=O) groups excluding carboxylic acids is 3. The Morgan fingerprint density at radius 1 is 0.948 bits per heavy atom. The van der Waals surface area contributed by atoms with Gasteiger partial charge in [-0.05, 0) is 36.1 Å². The number of amides is 3. The largest absolute Gasteiger partial charge is 0.490 e. The first-order chi connectivity index (χ1) is 28.0. The van der Waals surface area contributed by atoms with Crippen LogP contribution in [0.3, 0.4) is 0 Å². The topological polar surface area (TPSA) is 189 Å². The third-order valence-corrected chi connectivity index (χ3v) is 10.4. The van der Waals surface area contributed by atoms with Gasteiger partial charge in [-0.1, -0.05) is 73.7 Å². The van der Waals surface area contributed by atoms with Crippen LogP contribution in [0.2, 0.25) is 0 Å². The van der Waals surface area contributed by atoms with Gasteiger partial charge in [0, 0.05) is 44.2 Å². The zero-order valence-corrected chi connectivity index (χ0v) is 31.5. The Kier molecular flexibility index (Phi) is 12.0. The molecule has 2 aliphatic rings. The number of pyridine rings is 1. The zero-order valence-electron chi connectivity index (χ0n) is 31.5. The first kappa shape index (κ1) is 39.9. The van der Waals surface area contributed by atoms with E-state index in [1.807, 2.05) is 71.6 Å². The van der Waals surface area contributed by atoms with Gasteiger partial charge in [0.1, 0.15) is 6.10 Å². The highest BCUT2D eigenvalue weighted by atomic mass is 19.4. The third kappa shape index (κ3) is 9.12. The van der Waals surface area contributed by atoms with Gasteiger partial charge in [-0.3, -0.25) is 9.78 Å². The second-order valence-electron chi connectivity index (χ2n) is 14.2. The van der Waals surface area contributed by atoms with E-state index < -0.39 is 42.3 Å². The molecule has 0 unspecified atom stereocenters. The Balaban J connectivity index is 1.21. The molecule has 2 fully saturated rings. The molecule has 5 atom stereocenters. The van der Waals surface area contributed by atoms with Crippen molar-refractivity contribution in [3.63, 3.8) is 0 Å². The number of aromatic nitrogens is 5. The second kappa shape index (κ2) is 17.5. The molecule has 0 spiro atoms. The number of nitrogens with one attached hydrogen (secondary N) is 4. The Morgan fingerprint density at radius 3 is 2.31 bits per heavy atom. The number of alkyl halides is 3. The first-order valence-corrected chi connectivity index (χ1v) is 19.0. The number of aliphatic hydroxyl groups excluding tert-OH is 1. The summed E-state index contributed by atoms with van der Waals surface area (Å²) in [4.78, 5) is 57.8. The lowest BCUT2D eigenvalue weighted by molar-refractivity contribution is -0.209. The maximum Gasteiger partial charge on any atom is 0.490 e. The Labute approximate surface area is 331 Å². The number of aliphatic hydroxyl groups is 1. The molecule has 0 bridgehead atoms. The van der Waals surface area contributed by atoms with E-state index in [0.717, 1.165) is 11.1 Å². The van der Waals surface area contributed by atoms with Gasteiger partial charge >= 0.3 is 18.2 Å². The summed E-state index contributed by atoms with van der Waals surface area (Å²) in [5.74, 6) is -2.45.